The zero-order valence-corrected chi connectivity index (χ0v) is 18.4. The first-order valence-electron chi connectivity index (χ1n) is 10.1. The molecule has 0 aromatic heterocycles. The quantitative estimate of drug-likeness (QED) is 0.722. The molecular weight excluding hydrogens is 372 g/mol. The van der Waals surface area contributed by atoms with Gasteiger partial charge in [-0.2, -0.15) is 4.31 Å². The standard InChI is InChI=1S/C22H32N2O3S/c1-16(2)15-19-20(22(19,4)5)21(25)23-11-6-12-24(14-13-23)28(26,27)18-9-7-17(3)8-10-18/h7-10,15,19-20H,6,11-14H2,1-5H3. The van der Waals surface area contributed by atoms with Crippen LogP contribution in [0.4, 0.5) is 0 Å². The van der Waals surface area contributed by atoms with Crippen LogP contribution in [0.25, 0.3) is 0 Å². The highest BCUT2D eigenvalue weighted by Crippen LogP contribution is 2.60. The molecule has 0 N–H and O–H groups in total. The molecule has 28 heavy (non-hydrogen) atoms. The zero-order chi connectivity index (χ0) is 20.7. The third-order valence-corrected chi connectivity index (χ3v) is 8.03. The molecule has 0 bridgehead atoms. The lowest BCUT2D eigenvalue weighted by atomic mass is 10.1. The maximum absolute atomic E-state index is 13.1. The summed E-state index contributed by atoms with van der Waals surface area (Å²) in [6.07, 6.45) is 2.87. The summed E-state index contributed by atoms with van der Waals surface area (Å²) >= 11 is 0. The molecule has 6 heteroatoms. The summed E-state index contributed by atoms with van der Waals surface area (Å²) in [7, 11) is -3.52. The third kappa shape index (κ3) is 4.03. The Balaban J connectivity index is 1.69. The third-order valence-electron chi connectivity index (χ3n) is 6.11. The monoisotopic (exact) mass is 404 g/mol. The summed E-state index contributed by atoms with van der Waals surface area (Å²) in [5.41, 5.74) is 2.25. The number of hydrogen-bond donors (Lipinski definition) is 0. The number of sulfonamides is 1. The number of benzene rings is 1. The van der Waals surface area contributed by atoms with Gasteiger partial charge in [0.2, 0.25) is 15.9 Å². The van der Waals surface area contributed by atoms with Gasteiger partial charge in [-0.1, -0.05) is 43.2 Å². The van der Waals surface area contributed by atoms with E-state index < -0.39 is 10.0 Å². The van der Waals surface area contributed by atoms with Crippen LogP contribution in [-0.2, 0) is 14.8 Å². The van der Waals surface area contributed by atoms with Crippen molar-refractivity contribution in [2.24, 2.45) is 17.3 Å². The second-order valence-electron chi connectivity index (χ2n) is 8.96. The first kappa shape index (κ1) is 21.1. The Labute approximate surface area is 169 Å². The number of rotatable bonds is 4. The van der Waals surface area contributed by atoms with Gasteiger partial charge in [-0.15, -0.1) is 0 Å². The molecule has 1 saturated heterocycles. The fourth-order valence-electron chi connectivity index (χ4n) is 4.23. The molecule has 3 rings (SSSR count). The van der Waals surface area contributed by atoms with Gasteiger partial charge in [0, 0.05) is 26.2 Å². The highest BCUT2D eigenvalue weighted by atomic mass is 32.2. The molecule has 5 nitrogen and oxygen atoms in total. The summed E-state index contributed by atoms with van der Waals surface area (Å²) in [5, 5.41) is 0. The molecular formula is C22H32N2O3S. The Hall–Kier alpha value is -1.66. The van der Waals surface area contributed by atoms with E-state index in [1.54, 1.807) is 12.1 Å². The van der Waals surface area contributed by atoms with E-state index in [0.29, 0.717) is 37.5 Å². The molecule has 1 aliphatic carbocycles. The van der Waals surface area contributed by atoms with E-state index in [1.807, 2.05) is 24.0 Å². The highest BCUT2D eigenvalue weighted by Gasteiger charge is 2.61. The van der Waals surface area contributed by atoms with Gasteiger partial charge < -0.3 is 4.90 Å². The lowest BCUT2D eigenvalue weighted by Crippen LogP contribution is -2.38. The molecule has 0 radical (unpaired) electrons. The number of amides is 1. The first-order valence-corrected chi connectivity index (χ1v) is 11.5. The summed E-state index contributed by atoms with van der Waals surface area (Å²) in [5.74, 6) is 0.449. The summed E-state index contributed by atoms with van der Waals surface area (Å²) < 4.78 is 27.5. The Morgan fingerprint density at radius 2 is 1.71 bits per heavy atom. The van der Waals surface area contributed by atoms with Gasteiger partial charge in [0.1, 0.15) is 0 Å². The number of aryl methyl sites for hydroxylation is 1. The van der Waals surface area contributed by atoms with Gasteiger partial charge >= 0.3 is 0 Å². The molecule has 1 saturated carbocycles. The molecule has 1 aromatic rings. The Bertz CT molecular complexity index is 868. The van der Waals surface area contributed by atoms with Crippen LogP contribution in [-0.4, -0.2) is 49.7 Å². The normalized spacial score (nSPS) is 25.1. The molecule has 1 heterocycles. The van der Waals surface area contributed by atoms with Crippen molar-refractivity contribution in [2.45, 2.75) is 45.9 Å². The highest BCUT2D eigenvalue weighted by molar-refractivity contribution is 7.89. The Kier molecular flexibility index (Phi) is 5.74. The second-order valence-corrected chi connectivity index (χ2v) is 10.9. The van der Waals surface area contributed by atoms with E-state index in [4.69, 9.17) is 0 Å². The van der Waals surface area contributed by atoms with Crippen LogP contribution < -0.4 is 0 Å². The van der Waals surface area contributed by atoms with Crippen LogP contribution in [0.3, 0.4) is 0 Å². The molecule has 0 spiro atoms. The number of allylic oxidation sites excluding steroid dienone is 2. The van der Waals surface area contributed by atoms with E-state index in [9.17, 15) is 13.2 Å². The SMILES string of the molecule is CC(C)=CC1C(C(=O)N2CCCN(S(=O)(=O)c3ccc(C)cc3)CC2)C1(C)C. The van der Waals surface area contributed by atoms with Crippen LogP contribution in [0.5, 0.6) is 0 Å². The van der Waals surface area contributed by atoms with Crippen molar-refractivity contribution in [3.63, 3.8) is 0 Å². The van der Waals surface area contributed by atoms with Gasteiger partial charge in [-0.05, 0) is 50.7 Å². The molecule has 1 aromatic carbocycles. The van der Waals surface area contributed by atoms with E-state index in [-0.39, 0.29) is 23.2 Å². The predicted molar refractivity (Wildman–Crippen MR) is 111 cm³/mol. The first-order chi connectivity index (χ1) is 13.0. The lowest BCUT2D eigenvalue weighted by molar-refractivity contribution is -0.133. The second kappa shape index (κ2) is 7.64. The van der Waals surface area contributed by atoms with E-state index in [2.05, 4.69) is 33.8 Å². The minimum atomic E-state index is -3.52. The fraction of sp³-hybridized carbons (Fsp3) is 0.591. The average molecular weight is 405 g/mol. The van der Waals surface area contributed by atoms with Crippen LogP contribution >= 0.6 is 0 Å². The molecule has 2 aliphatic rings. The maximum Gasteiger partial charge on any atom is 0.243 e. The van der Waals surface area contributed by atoms with E-state index >= 15 is 0 Å². The van der Waals surface area contributed by atoms with E-state index in [1.165, 1.54) is 9.88 Å². The van der Waals surface area contributed by atoms with Gasteiger partial charge in [-0.3, -0.25) is 4.79 Å². The number of nitrogens with zero attached hydrogens (tertiary/aromatic N) is 2. The summed E-state index contributed by atoms with van der Waals surface area (Å²) in [6, 6.07) is 6.96. The summed E-state index contributed by atoms with van der Waals surface area (Å²) in [4.78, 5) is 15.3. The molecule has 2 atom stereocenters. The number of carbonyl (C=O) groups is 1. The topological polar surface area (TPSA) is 57.7 Å². The van der Waals surface area contributed by atoms with Gasteiger partial charge in [0.25, 0.3) is 0 Å². The van der Waals surface area contributed by atoms with Crippen molar-refractivity contribution in [2.75, 3.05) is 26.2 Å². The zero-order valence-electron chi connectivity index (χ0n) is 17.6. The van der Waals surface area contributed by atoms with Crippen molar-refractivity contribution in [1.82, 2.24) is 9.21 Å². The fourth-order valence-corrected chi connectivity index (χ4v) is 5.70. The minimum absolute atomic E-state index is 0.00246. The molecule has 1 aliphatic heterocycles. The number of carbonyl (C=O) groups excluding carboxylic acids is 1. The minimum Gasteiger partial charge on any atom is -0.341 e. The van der Waals surface area contributed by atoms with Crippen LogP contribution in [0.2, 0.25) is 0 Å². The maximum atomic E-state index is 13.1. The number of hydrogen-bond acceptors (Lipinski definition) is 3. The largest absolute Gasteiger partial charge is 0.341 e. The van der Waals surface area contributed by atoms with E-state index in [0.717, 1.165) is 5.56 Å². The molecule has 154 valence electrons. The van der Waals surface area contributed by atoms with Crippen molar-refractivity contribution < 1.29 is 13.2 Å². The average Bonchev–Trinajstić information content (AvgIpc) is 3.24. The Morgan fingerprint density at radius 3 is 2.32 bits per heavy atom. The molecule has 1 amide bonds. The predicted octanol–water partition coefficient (Wildman–Crippen LogP) is 3.46. The smallest absolute Gasteiger partial charge is 0.243 e. The van der Waals surface area contributed by atoms with Gasteiger partial charge in [-0.25, -0.2) is 8.42 Å². The van der Waals surface area contributed by atoms with Gasteiger partial charge in [0.05, 0.1) is 10.8 Å². The molecule has 2 fully saturated rings. The van der Waals surface area contributed by atoms with Crippen LogP contribution in [0.15, 0.2) is 40.8 Å². The lowest BCUT2D eigenvalue weighted by Gasteiger charge is -2.22. The summed E-state index contributed by atoms with van der Waals surface area (Å²) in [6.45, 7) is 12.2. The van der Waals surface area contributed by atoms with Crippen LogP contribution in [0.1, 0.15) is 39.7 Å². The van der Waals surface area contributed by atoms with Gasteiger partial charge in [0.15, 0.2) is 0 Å². The van der Waals surface area contributed by atoms with Crippen molar-refractivity contribution >= 4 is 15.9 Å². The van der Waals surface area contributed by atoms with Crippen molar-refractivity contribution in [3.05, 3.63) is 41.5 Å². The van der Waals surface area contributed by atoms with Crippen molar-refractivity contribution in [1.29, 1.82) is 0 Å². The molecule has 2 unspecified atom stereocenters. The van der Waals surface area contributed by atoms with Crippen LogP contribution in [0, 0.1) is 24.2 Å². The van der Waals surface area contributed by atoms with Crippen molar-refractivity contribution in [3.8, 4) is 0 Å². The Morgan fingerprint density at radius 1 is 1.07 bits per heavy atom.